The van der Waals surface area contributed by atoms with Gasteiger partial charge in [0.2, 0.25) is 0 Å². The van der Waals surface area contributed by atoms with Gasteiger partial charge in [-0.25, -0.2) is 0 Å². The van der Waals surface area contributed by atoms with E-state index in [1.807, 2.05) is 6.07 Å². The Hall–Kier alpha value is -3.32. The molecule has 0 spiro atoms. The number of hydrogen-bond acceptors (Lipinski definition) is 1. The third-order valence-corrected chi connectivity index (χ3v) is 5.63. The zero-order chi connectivity index (χ0) is 21.3. The smallest absolute Gasteiger partial charge is 0.127 e. The van der Waals surface area contributed by atoms with E-state index in [1.165, 1.54) is 46.2 Å². The van der Waals surface area contributed by atoms with Crippen LogP contribution in [0, 0.1) is 6.92 Å². The monoisotopic (exact) mass is 406 g/mol. The first kappa shape index (κ1) is 20.9. The Balaban J connectivity index is 1.43. The number of aryl methyl sites for hydroxylation is 3. The first-order valence-corrected chi connectivity index (χ1v) is 11.2. The van der Waals surface area contributed by atoms with Crippen molar-refractivity contribution in [3.05, 3.63) is 125 Å². The molecule has 0 aliphatic heterocycles. The van der Waals surface area contributed by atoms with Gasteiger partial charge in [-0.3, -0.25) is 0 Å². The molecule has 156 valence electrons. The average molecular weight is 407 g/mol. The second kappa shape index (κ2) is 10.6. The van der Waals surface area contributed by atoms with Crippen molar-refractivity contribution >= 4 is 0 Å². The minimum atomic E-state index is 0.579. The molecule has 0 atom stereocenters. The SMILES string of the molecule is Cc1ccc(OCc2ccccc2)c(-c2cccc(CCCCc3ccccc3)c2)c1. The molecule has 0 saturated heterocycles. The Morgan fingerprint density at radius 2 is 1.23 bits per heavy atom. The molecule has 0 saturated carbocycles. The molecule has 0 fully saturated rings. The van der Waals surface area contributed by atoms with E-state index in [4.69, 9.17) is 4.74 Å². The Bertz CT molecular complexity index is 1080. The van der Waals surface area contributed by atoms with Gasteiger partial charge < -0.3 is 4.74 Å². The summed E-state index contributed by atoms with van der Waals surface area (Å²) in [6, 6.07) is 36.5. The molecular weight excluding hydrogens is 376 g/mol. The Morgan fingerprint density at radius 1 is 0.581 bits per heavy atom. The molecule has 0 unspecified atom stereocenters. The highest BCUT2D eigenvalue weighted by molar-refractivity contribution is 5.71. The number of rotatable bonds is 9. The van der Waals surface area contributed by atoms with E-state index in [2.05, 4.69) is 104 Å². The summed E-state index contributed by atoms with van der Waals surface area (Å²) in [6.45, 7) is 2.72. The summed E-state index contributed by atoms with van der Waals surface area (Å²) in [7, 11) is 0. The summed E-state index contributed by atoms with van der Waals surface area (Å²) < 4.78 is 6.22. The standard InChI is InChI=1S/C30H30O/c1-24-19-20-30(31-23-27-15-6-3-7-16-27)29(21-24)28-18-10-17-26(22-28)14-9-8-13-25-11-4-2-5-12-25/h2-7,10-12,15-22H,8-9,13-14,23H2,1H3. The van der Waals surface area contributed by atoms with Crippen LogP contribution in [0.3, 0.4) is 0 Å². The molecule has 0 heterocycles. The van der Waals surface area contributed by atoms with E-state index in [0.717, 1.165) is 18.6 Å². The maximum Gasteiger partial charge on any atom is 0.127 e. The molecule has 4 aromatic rings. The van der Waals surface area contributed by atoms with E-state index >= 15 is 0 Å². The van der Waals surface area contributed by atoms with E-state index in [0.29, 0.717) is 6.61 Å². The van der Waals surface area contributed by atoms with Gasteiger partial charge in [-0.1, -0.05) is 96.6 Å². The van der Waals surface area contributed by atoms with Crippen LogP contribution < -0.4 is 4.74 Å². The van der Waals surface area contributed by atoms with Gasteiger partial charge in [0.05, 0.1) is 0 Å². The summed E-state index contributed by atoms with van der Waals surface area (Å²) in [5.74, 6) is 0.940. The van der Waals surface area contributed by atoms with Crippen molar-refractivity contribution in [2.45, 2.75) is 39.2 Å². The van der Waals surface area contributed by atoms with Gasteiger partial charge in [0.15, 0.2) is 0 Å². The van der Waals surface area contributed by atoms with Gasteiger partial charge in [0.1, 0.15) is 12.4 Å². The number of benzene rings is 4. The van der Waals surface area contributed by atoms with Crippen LogP contribution in [0.5, 0.6) is 5.75 Å². The molecule has 0 aliphatic rings. The maximum absolute atomic E-state index is 6.22. The predicted octanol–water partition coefficient (Wildman–Crippen LogP) is 7.81. The van der Waals surface area contributed by atoms with E-state index in [9.17, 15) is 0 Å². The van der Waals surface area contributed by atoms with Crippen LogP contribution in [0.2, 0.25) is 0 Å². The van der Waals surface area contributed by atoms with Crippen molar-refractivity contribution in [1.29, 1.82) is 0 Å². The van der Waals surface area contributed by atoms with Crippen LogP contribution in [0.1, 0.15) is 35.1 Å². The third kappa shape index (κ3) is 6.08. The highest BCUT2D eigenvalue weighted by Crippen LogP contribution is 2.32. The number of hydrogen-bond donors (Lipinski definition) is 0. The van der Waals surface area contributed by atoms with Crippen LogP contribution in [0.4, 0.5) is 0 Å². The zero-order valence-corrected chi connectivity index (χ0v) is 18.3. The van der Waals surface area contributed by atoms with Crippen LogP contribution in [-0.2, 0) is 19.4 Å². The molecule has 0 aromatic heterocycles. The lowest BCUT2D eigenvalue weighted by Crippen LogP contribution is -1.97. The van der Waals surface area contributed by atoms with E-state index in [-0.39, 0.29) is 0 Å². The third-order valence-electron chi connectivity index (χ3n) is 5.63. The van der Waals surface area contributed by atoms with Gasteiger partial charge in [-0.05, 0) is 67.0 Å². The molecule has 0 bridgehead atoms. The summed E-state index contributed by atoms with van der Waals surface area (Å²) in [4.78, 5) is 0. The Morgan fingerprint density at radius 3 is 1.97 bits per heavy atom. The van der Waals surface area contributed by atoms with Crippen molar-refractivity contribution in [1.82, 2.24) is 0 Å². The summed E-state index contributed by atoms with van der Waals surface area (Å²) in [6.07, 6.45) is 4.66. The summed E-state index contributed by atoms with van der Waals surface area (Å²) in [5.41, 5.74) is 7.64. The minimum absolute atomic E-state index is 0.579. The van der Waals surface area contributed by atoms with Gasteiger partial charge in [-0.15, -0.1) is 0 Å². The highest BCUT2D eigenvalue weighted by Gasteiger charge is 2.08. The molecule has 1 nitrogen and oxygen atoms in total. The second-order valence-corrected chi connectivity index (χ2v) is 8.17. The topological polar surface area (TPSA) is 9.23 Å². The fourth-order valence-corrected chi connectivity index (χ4v) is 3.93. The lowest BCUT2D eigenvalue weighted by molar-refractivity contribution is 0.307. The minimum Gasteiger partial charge on any atom is -0.488 e. The molecule has 1 heteroatoms. The molecule has 0 radical (unpaired) electrons. The van der Waals surface area contributed by atoms with Crippen LogP contribution >= 0.6 is 0 Å². The second-order valence-electron chi connectivity index (χ2n) is 8.17. The van der Waals surface area contributed by atoms with E-state index in [1.54, 1.807) is 0 Å². The van der Waals surface area contributed by atoms with Crippen molar-refractivity contribution in [2.75, 3.05) is 0 Å². The number of unbranched alkanes of at least 4 members (excludes halogenated alkanes) is 1. The largest absolute Gasteiger partial charge is 0.488 e. The normalized spacial score (nSPS) is 10.7. The van der Waals surface area contributed by atoms with E-state index < -0.39 is 0 Å². The lowest BCUT2D eigenvalue weighted by Gasteiger charge is -2.14. The average Bonchev–Trinajstić information content (AvgIpc) is 2.82. The van der Waals surface area contributed by atoms with Crippen LogP contribution in [0.25, 0.3) is 11.1 Å². The van der Waals surface area contributed by atoms with Crippen LogP contribution in [-0.4, -0.2) is 0 Å². The summed E-state index contributed by atoms with van der Waals surface area (Å²) >= 11 is 0. The molecule has 4 rings (SSSR count). The van der Waals surface area contributed by atoms with Crippen molar-refractivity contribution in [3.8, 4) is 16.9 Å². The molecule has 0 amide bonds. The molecule has 4 aromatic carbocycles. The first-order chi connectivity index (χ1) is 15.3. The molecule has 0 N–H and O–H groups in total. The van der Waals surface area contributed by atoms with Gasteiger partial charge in [-0.2, -0.15) is 0 Å². The quantitative estimate of drug-likeness (QED) is 0.258. The summed E-state index contributed by atoms with van der Waals surface area (Å²) in [5, 5.41) is 0. The van der Waals surface area contributed by atoms with Crippen LogP contribution in [0.15, 0.2) is 103 Å². The molecule has 31 heavy (non-hydrogen) atoms. The molecular formula is C30H30O. The maximum atomic E-state index is 6.22. The zero-order valence-electron chi connectivity index (χ0n) is 18.3. The fraction of sp³-hybridized carbons (Fsp3) is 0.200. The van der Waals surface area contributed by atoms with Crippen molar-refractivity contribution in [3.63, 3.8) is 0 Å². The van der Waals surface area contributed by atoms with Gasteiger partial charge in [0.25, 0.3) is 0 Å². The van der Waals surface area contributed by atoms with Crippen molar-refractivity contribution in [2.24, 2.45) is 0 Å². The fourth-order valence-electron chi connectivity index (χ4n) is 3.93. The first-order valence-electron chi connectivity index (χ1n) is 11.2. The number of ether oxygens (including phenoxy) is 1. The van der Waals surface area contributed by atoms with Crippen molar-refractivity contribution < 1.29 is 4.74 Å². The van der Waals surface area contributed by atoms with Gasteiger partial charge >= 0.3 is 0 Å². The predicted molar refractivity (Wildman–Crippen MR) is 130 cm³/mol. The van der Waals surface area contributed by atoms with Gasteiger partial charge in [0, 0.05) is 5.56 Å². The lowest BCUT2D eigenvalue weighted by atomic mass is 9.97. The highest BCUT2D eigenvalue weighted by atomic mass is 16.5. The Labute approximate surface area is 186 Å². The Kier molecular flexibility index (Phi) is 7.18. The molecule has 0 aliphatic carbocycles.